The lowest BCUT2D eigenvalue weighted by atomic mass is 10.2. The molecule has 0 aliphatic rings. The van der Waals surface area contributed by atoms with E-state index in [0.29, 0.717) is 37.9 Å². The molecule has 1 aromatic rings. The number of carboxylic acid groups (broad SMARTS) is 1. The molecular formula is C19H26O8. The van der Waals surface area contributed by atoms with Crippen LogP contribution in [0.3, 0.4) is 0 Å². The summed E-state index contributed by atoms with van der Waals surface area (Å²) in [6.45, 7) is 1.87. The zero-order chi connectivity index (χ0) is 19.7. The van der Waals surface area contributed by atoms with Crippen LogP contribution in [0.5, 0.6) is 11.5 Å². The van der Waals surface area contributed by atoms with Gasteiger partial charge in [-0.25, -0.2) is 4.79 Å². The van der Waals surface area contributed by atoms with Crippen molar-refractivity contribution < 1.29 is 38.3 Å². The molecule has 0 unspecified atom stereocenters. The third-order valence-electron chi connectivity index (χ3n) is 3.07. The van der Waals surface area contributed by atoms with Gasteiger partial charge in [-0.05, 0) is 17.7 Å². The van der Waals surface area contributed by atoms with E-state index in [1.807, 2.05) is 6.07 Å². The van der Waals surface area contributed by atoms with E-state index in [-0.39, 0.29) is 13.6 Å². The summed E-state index contributed by atoms with van der Waals surface area (Å²) in [5, 5.41) is 8.59. The molecule has 0 aliphatic heterocycles. The average Bonchev–Trinajstić information content (AvgIpc) is 2.66. The van der Waals surface area contributed by atoms with Gasteiger partial charge < -0.3 is 33.5 Å². The van der Waals surface area contributed by atoms with Gasteiger partial charge in [0.05, 0.1) is 26.4 Å². The summed E-state index contributed by atoms with van der Waals surface area (Å²) < 4.78 is 31.6. The summed E-state index contributed by atoms with van der Waals surface area (Å²) in [4.78, 5) is 10.5. The van der Waals surface area contributed by atoms with Crippen LogP contribution < -0.4 is 9.47 Å². The first kappa shape index (κ1) is 22.7. The van der Waals surface area contributed by atoms with Crippen molar-refractivity contribution in [2.24, 2.45) is 0 Å². The Morgan fingerprint density at radius 3 is 2.15 bits per heavy atom. The smallest absolute Gasteiger partial charge is 0.328 e. The predicted molar refractivity (Wildman–Crippen MR) is 98.9 cm³/mol. The molecule has 1 rings (SSSR count). The van der Waals surface area contributed by atoms with Crippen LogP contribution in [0.15, 0.2) is 36.4 Å². The number of methoxy groups -OCH3 is 2. The van der Waals surface area contributed by atoms with Crippen molar-refractivity contribution in [3.8, 4) is 11.5 Å². The Kier molecular flexibility index (Phi) is 12.4. The molecule has 0 amide bonds. The van der Waals surface area contributed by atoms with E-state index < -0.39 is 5.97 Å². The maximum Gasteiger partial charge on any atom is 0.328 e. The lowest BCUT2D eigenvalue weighted by Gasteiger charge is -2.14. The number of carbonyl (C=O) groups is 1. The second-order valence-corrected chi connectivity index (χ2v) is 5.09. The van der Waals surface area contributed by atoms with Gasteiger partial charge in [0.25, 0.3) is 0 Å². The van der Waals surface area contributed by atoms with Crippen molar-refractivity contribution in [1.29, 1.82) is 0 Å². The molecule has 0 radical (unpaired) electrons. The van der Waals surface area contributed by atoms with E-state index in [9.17, 15) is 4.79 Å². The molecule has 0 aliphatic carbocycles. The van der Waals surface area contributed by atoms with Crippen LogP contribution in [0.2, 0.25) is 0 Å². The molecule has 0 saturated heterocycles. The first-order valence-corrected chi connectivity index (χ1v) is 8.28. The van der Waals surface area contributed by atoms with Crippen LogP contribution in [0.25, 0.3) is 6.08 Å². The SMILES string of the molecule is COCCOCOc1ccc(/C=C/C=C/C(=O)O)cc1OCOCCOC. The van der Waals surface area contributed by atoms with E-state index in [4.69, 9.17) is 33.5 Å². The first-order chi connectivity index (χ1) is 13.2. The van der Waals surface area contributed by atoms with Gasteiger partial charge in [0.2, 0.25) is 0 Å². The largest absolute Gasteiger partial charge is 0.478 e. The molecule has 150 valence electrons. The highest BCUT2D eigenvalue weighted by atomic mass is 16.7. The molecule has 0 fully saturated rings. The summed E-state index contributed by atoms with van der Waals surface area (Å²) >= 11 is 0. The molecule has 27 heavy (non-hydrogen) atoms. The molecule has 8 heteroatoms. The molecule has 0 saturated carbocycles. The minimum Gasteiger partial charge on any atom is -0.478 e. The molecule has 0 bridgehead atoms. The van der Waals surface area contributed by atoms with Gasteiger partial charge >= 0.3 is 5.97 Å². The van der Waals surface area contributed by atoms with E-state index in [2.05, 4.69) is 0 Å². The lowest BCUT2D eigenvalue weighted by Crippen LogP contribution is -2.10. The second kappa shape index (κ2) is 14.7. The summed E-state index contributed by atoms with van der Waals surface area (Å²) in [5.74, 6) is -0.0257. The zero-order valence-corrected chi connectivity index (χ0v) is 15.6. The van der Waals surface area contributed by atoms with Crippen LogP contribution in [0.1, 0.15) is 5.56 Å². The normalized spacial score (nSPS) is 11.3. The van der Waals surface area contributed by atoms with Crippen LogP contribution in [0, 0.1) is 0 Å². The van der Waals surface area contributed by atoms with Crippen LogP contribution in [-0.2, 0) is 23.7 Å². The van der Waals surface area contributed by atoms with Crippen LogP contribution >= 0.6 is 0 Å². The highest BCUT2D eigenvalue weighted by Gasteiger charge is 2.07. The molecule has 0 atom stereocenters. The maximum absolute atomic E-state index is 10.5. The van der Waals surface area contributed by atoms with Gasteiger partial charge in [0.15, 0.2) is 25.1 Å². The fourth-order valence-corrected chi connectivity index (χ4v) is 1.78. The number of carboxylic acids is 1. The average molecular weight is 382 g/mol. The fourth-order valence-electron chi connectivity index (χ4n) is 1.78. The highest BCUT2D eigenvalue weighted by Crippen LogP contribution is 2.29. The van der Waals surface area contributed by atoms with Crippen molar-refractivity contribution in [1.82, 2.24) is 0 Å². The fraction of sp³-hybridized carbons (Fsp3) is 0.421. The molecule has 1 aromatic carbocycles. The van der Waals surface area contributed by atoms with Gasteiger partial charge in [-0.15, -0.1) is 0 Å². The minimum absolute atomic E-state index is 0.0380. The lowest BCUT2D eigenvalue weighted by molar-refractivity contribution is -0.131. The van der Waals surface area contributed by atoms with Crippen molar-refractivity contribution in [3.05, 3.63) is 42.0 Å². The van der Waals surface area contributed by atoms with Crippen molar-refractivity contribution in [2.45, 2.75) is 0 Å². The third kappa shape index (κ3) is 11.0. The summed E-state index contributed by atoms with van der Waals surface area (Å²) in [6.07, 6.45) is 5.85. The topological polar surface area (TPSA) is 92.7 Å². The number of allylic oxidation sites excluding steroid dienone is 2. The summed E-state index contributed by atoms with van der Waals surface area (Å²) in [6, 6.07) is 5.31. The quantitative estimate of drug-likeness (QED) is 0.214. The van der Waals surface area contributed by atoms with Crippen molar-refractivity contribution >= 4 is 12.0 Å². The van der Waals surface area contributed by atoms with E-state index in [1.54, 1.807) is 38.5 Å². The van der Waals surface area contributed by atoms with E-state index in [0.717, 1.165) is 11.6 Å². The van der Waals surface area contributed by atoms with Gasteiger partial charge in [-0.2, -0.15) is 0 Å². The summed E-state index contributed by atoms with van der Waals surface area (Å²) in [7, 11) is 3.19. The Labute approximate surface area is 158 Å². The maximum atomic E-state index is 10.5. The van der Waals surface area contributed by atoms with Crippen molar-refractivity contribution in [2.75, 3.05) is 54.2 Å². The summed E-state index contributed by atoms with van der Waals surface area (Å²) in [5.41, 5.74) is 0.810. The van der Waals surface area contributed by atoms with E-state index >= 15 is 0 Å². The van der Waals surface area contributed by atoms with Crippen molar-refractivity contribution in [3.63, 3.8) is 0 Å². The van der Waals surface area contributed by atoms with Gasteiger partial charge in [-0.3, -0.25) is 0 Å². The molecule has 0 aromatic heterocycles. The molecule has 8 nitrogen and oxygen atoms in total. The monoisotopic (exact) mass is 382 g/mol. The highest BCUT2D eigenvalue weighted by molar-refractivity contribution is 5.80. The Balaban J connectivity index is 2.69. The number of benzene rings is 1. The van der Waals surface area contributed by atoms with Crippen LogP contribution in [-0.4, -0.2) is 65.3 Å². The standard InChI is InChI=1S/C19H26O8/c1-22-9-11-24-14-26-17-8-7-16(5-3-4-6-19(20)21)13-18(17)27-15-25-12-10-23-2/h3-8,13H,9-12,14-15H2,1-2H3,(H,20,21)/b5-3+,6-4+. The number of rotatable bonds is 15. The molecule has 0 heterocycles. The molecule has 0 spiro atoms. The Hall–Kier alpha value is -2.39. The molecular weight excluding hydrogens is 356 g/mol. The Morgan fingerprint density at radius 1 is 0.926 bits per heavy atom. The Morgan fingerprint density at radius 2 is 1.56 bits per heavy atom. The number of hydrogen-bond acceptors (Lipinski definition) is 7. The number of hydrogen-bond donors (Lipinski definition) is 1. The molecule has 1 N–H and O–H groups in total. The second-order valence-electron chi connectivity index (χ2n) is 5.09. The minimum atomic E-state index is -1.01. The van der Waals surface area contributed by atoms with E-state index in [1.165, 1.54) is 6.08 Å². The first-order valence-electron chi connectivity index (χ1n) is 8.28. The zero-order valence-electron chi connectivity index (χ0n) is 15.6. The van der Waals surface area contributed by atoms with Gasteiger partial charge in [0, 0.05) is 20.3 Å². The predicted octanol–water partition coefficient (Wildman–Crippen LogP) is 2.34. The number of aliphatic carboxylic acids is 1. The third-order valence-corrected chi connectivity index (χ3v) is 3.07. The van der Waals surface area contributed by atoms with Gasteiger partial charge in [0.1, 0.15) is 0 Å². The van der Waals surface area contributed by atoms with Gasteiger partial charge in [-0.1, -0.05) is 24.3 Å². The Bertz CT molecular complexity index is 597. The number of ether oxygens (including phenoxy) is 6. The van der Waals surface area contributed by atoms with Crippen LogP contribution in [0.4, 0.5) is 0 Å².